The summed E-state index contributed by atoms with van der Waals surface area (Å²) in [4.78, 5) is 15.9. The van der Waals surface area contributed by atoms with Crippen LogP contribution in [-0.4, -0.2) is 11.9 Å². The van der Waals surface area contributed by atoms with Gasteiger partial charge in [-0.05, 0) is 29.7 Å². The quantitative estimate of drug-likeness (QED) is 0.447. The maximum absolute atomic E-state index is 12.3. The van der Waals surface area contributed by atoms with E-state index in [-0.39, 0.29) is 11.9 Å². The van der Waals surface area contributed by atoms with Crippen LogP contribution in [0.3, 0.4) is 0 Å². The van der Waals surface area contributed by atoms with E-state index in [1.807, 2.05) is 42.5 Å². The fraction of sp³-hybridized carbons (Fsp3) is 0.125. The Kier molecular flexibility index (Phi) is 4.56. The van der Waals surface area contributed by atoms with E-state index in [9.17, 15) is 4.79 Å². The summed E-state index contributed by atoms with van der Waals surface area (Å²) in [6.07, 6.45) is 0.528. The molecule has 0 aliphatic carbocycles. The maximum atomic E-state index is 12.3. The Labute approximate surface area is 123 Å². The Bertz CT molecular complexity index is 631. The number of benzene rings is 2. The number of nitrogens with two attached hydrogens (primary N) is 3. The van der Waals surface area contributed by atoms with Crippen molar-refractivity contribution < 1.29 is 4.79 Å². The van der Waals surface area contributed by atoms with Gasteiger partial charge in [-0.25, -0.2) is 0 Å². The van der Waals surface area contributed by atoms with E-state index in [0.717, 1.165) is 11.1 Å². The van der Waals surface area contributed by atoms with Crippen LogP contribution >= 0.6 is 0 Å². The van der Waals surface area contributed by atoms with Gasteiger partial charge in [-0.15, -0.1) is 0 Å². The number of hydrogen-bond acceptors (Lipinski definition) is 2. The molecule has 5 nitrogen and oxygen atoms in total. The normalized spacial score (nSPS) is 11.6. The summed E-state index contributed by atoms with van der Waals surface area (Å²) in [6.45, 7) is 0. The summed E-state index contributed by atoms with van der Waals surface area (Å²) in [5.41, 5.74) is 18.8. The van der Waals surface area contributed by atoms with Crippen molar-refractivity contribution >= 4 is 17.6 Å². The van der Waals surface area contributed by atoms with Crippen LogP contribution in [0, 0.1) is 0 Å². The summed E-state index contributed by atoms with van der Waals surface area (Å²) < 4.78 is 0. The van der Waals surface area contributed by atoms with Gasteiger partial charge in [0.2, 0.25) is 0 Å². The van der Waals surface area contributed by atoms with E-state index >= 15 is 0 Å². The van der Waals surface area contributed by atoms with Crippen LogP contribution in [-0.2, 0) is 11.2 Å². The molecule has 2 rings (SSSR count). The fourth-order valence-corrected chi connectivity index (χ4v) is 2.13. The van der Waals surface area contributed by atoms with E-state index in [0.29, 0.717) is 12.1 Å². The van der Waals surface area contributed by atoms with Crippen molar-refractivity contribution in [3.63, 3.8) is 0 Å². The van der Waals surface area contributed by atoms with Gasteiger partial charge in [0.25, 0.3) is 5.91 Å². The van der Waals surface area contributed by atoms with Crippen LogP contribution in [0.25, 0.3) is 0 Å². The molecule has 0 saturated heterocycles. The highest BCUT2D eigenvalue weighted by Gasteiger charge is 2.21. The Morgan fingerprint density at radius 1 is 1.00 bits per heavy atom. The minimum atomic E-state index is -0.435. The Morgan fingerprint density at radius 3 is 2.19 bits per heavy atom. The van der Waals surface area contributed by atoms with Crippen LogP contribution in [0.4, 0.5) is 5.69 Å². The summed E-state index contributed by atoms with van der Waals surface area (Å²) in [6, 6.07) is 16.9. The fourth-order valence-electron chi connectivity index (χ4n) is 2.13. The highest BCUT2D eigenvalue weighted by molar-refractivity contribution is 5.95. The first-order valence-electron chi connectivity index (χ1n) is 6.59. The number of anilines is 1. The van der Waals surface area contributed by atoms with E-state index < -0.39 is 5.92 Å². The molecule has 0 bridgehead atoms. The predicted octanol–water partition coefficient (Wildman–Crippen LogP) is 1.40. The van der Waals surface area contributed by atoms with Gasteiger partial charge in [0, 0.05) is 5.69 Å². The Morgan fingerprint density at radius 2 is 1.62 bits per heavy atom. The van der Waals surface area contributed by atoms with Crippen molar-refractivity contribution in [3.05, 3.63) is 65.7 Å². The molecule has 21 heavy (non-hydrogen) atoms. The maximum Gasteiger partial charge on any atom is 0.256 e. The molecule has 2 aromatic rings. The molecule has 0 heterocycles. The molecular formula is C16H18N4O. The zero-order chi connectivity index (χ0) is 15.2. The molecule has 0 fully saturated rings. The second-order valence-electron chi connectivity index (χ2n) is 4.78. The Balaban J connectivity index is 2.32. The largest absolute Gasteiger partial charge is 0.399 e. The third-order valence-electron chi connectivity index (χ3n) is 3.16. The number of nitrogens with zero attached hydrogens (tertiary/aromatic N) is 1. The lowest BCUT2D eigenvalue weighted by Crippen LogP contribution is -2.26. The number of nitrogen functional groups attached to an aromatic ring is 1. The summed E-state index contributed by atoms with van der Waals surface area (Å²) in [5, 5.41) is 0. The van der Waals surface area contributed by atoms with Crippen LogP contribution in [0.5, 0.6) is 0 Å². The van der Waals surface area contributed by atoms with Crippen molar-refractivity contribution in [3.8, 4) is 0 Å². The van der Waals surface area contributed by atoms with Gasteiger partial charge in [-0.2, -0.15) is 4.99 Å². The number of aliphatic imine (C=N–C) groups is 1. The number of carbonyl (C=O) groups excluding carboxylic acids is 1. The van der Waals surface area contributed by atoms with Crippen LogP contribution in [0.1, 0.15) is 17.0 Å². The van der Waals surface area contributed by atoms with Gasteiger partial charge in [0.15, 0.2) is 5.96 Å². The molecule has 2 aromatic carbocycles. The minimum Gasteiger partial charge on any atom is -0.399 e. The topological polar surface area (TPSA) is 107 Å². The van der Waals surface area contributed by atoms with Crippen LogP contribution in [0.15, 0.2) is 59.6 Å². The zero-order valence-corrected chi connectivity index (χ0v) is 11.6. The second kappa shape index (κ2) is 6.56. The van der Waals surface area contributed by atoms with Crippen molar-refractivity contribution in [2.45, 2.75) is 12.3 Å². The van der Waals surface area contributed by atoms with Crippen LogP contribution in [0.2, 0.25) is 0 Å². The number of carbonyl (C=O) groups is 1. The van der Waals surface area contributed by atoms with Crippen LogP contribution < -0.4 is 17.2 Å². The van der Waals surface area contributed by atoms with E-state index in [1.165, 1.54) is 0 Å². The molecule has 6 N–H and O–H groups in total. The monoisotopic (exact) mass is 282 g/mol. The third-order valence-corrected chi connectivity index (χ3v) is 3.16. The summed E-state index contributed by atoms with van der Waals surface area (Å²) in [7, 11) is 0. The molecule has 1 atom stereocenters. The molecule has 0 radical (unpaired) electrons. The molecular weight excluding hydrogens is 264 g/mol. The lowest BCUT2D eigenvalue weighted by Gasteiger charge is -2.14. The standard InChI is InChI=1S/C16H18N4O/c17-13-8-6-12(7-9-13)14(15(21)20-16(18)19)10-11-4-2-1-3-5-11/h1-9,14H,10,17H2,(H4,18,19,20,21). The van der Waals surface area contributed by atoms with Crippen molar-refractivity contribution in [1.82, 2.24) is 0 Å². The van der Waals surface area contributed by atoms with E-state index in [4.69, 9.17) is 17.2 Å². The molecule has 0 aromatic heterocycles. The first-order chi connectivity index (χ1) is 10.1. The third kappa shape index (κ3) is 4.07. The first kappa shape index (κ1) is 14.6. The van der Waals surface area contributed by atoms with Gasteiger partial charge < -0.3 is 17.2 Å². The average Bonchev–Trinajstić information content (AvgIpc) is 2.46. The van der Waals surface area contributed by atoms with Crippen molar-refractivity contribution in [1.29, 1.82) is 0 Å². The van der Waals surface area contributed by atoms with Gasteiger partial charge in [-0.1, -0.05) is 42.5 Å². The van der Waals surface area contributed by atoms with Gasteiger partial charge >= 0.3 is 0 Å². The number of rotatable bonds is 4. The summed E-state index contributed by atoms with van der Waals surface area (Å²) >= 11 is 0. The zero-order valence-electron chi connectivity index (χ0n) is 11.6. The van der Waals surface area contributed by atoms with Crippen molar-refractivity contribution in [2.75, 3.05) is 5.73 Å². The molecule has 0 aliphatic heterocycles. The Hall–Kier alpha value is -2.82. The van der Waals surface area contributed by atoms with E-state index in [1.54, 1.807) is 12.1 Å². The number of guanidine groups is 1. The first-order valence-corrected chi connectivity index (χ1v) is 6.59. The molecule has 5 heteroatoms. The molecule has 0 spiro atoms. The predicted molar refractivity (Wildman–Crippen MR) is 84.6 cm³/mol. The average molecular weight is 282 g/mol. The molecule has 0 saturated carbocycles. The van der Waals surface area contributed by atoms with Crippen molar-refractivity contribution in [2.24, 2.45) is 16.5 Å². The smallest absolute Gasteiger partial charge is 0.256 e. The molecule has 1 amide bonds. The minimum absolute atomic E-state index is 0.228. The van der Waals surface area contributed by atoms with Gasteiger partial charge in [0.1, 0.15) is 0 Å². The molecule has 0 aliphatic rings. The summed E-state index contributed by atoms with van der Waals surface area (Å²) in [5.74, 6) is -1.02. The second-order valence-corrected chi connectivity index (χ2v) is 4.78. The molecule has 1 unspecified atom stereocenters. The highest BCUT2D eigenvalue weighted by Crippen LogP contribution is 2.23. The number of hydrogen-bond donors (Lipinski definition) is 3. The molecule has 108 valence electrons. The van der Waals surface area contributed by atoms with Gasteiger partial charge in [0.05, 0.1) is 5.92 Å². The lowest BCUT2D eigenvalue weighted by atomic mass is 9.91. The lowest BCUT2D eigenvalue weighted by molar-refractivity contribution is -0.119. The number of amides is 1. The van der Waals surface area contributed by atoms with Gasteiger partial charge in [-0.3, -0.25) is 4.79 Å². The SMILES string of the molecule is NC(N)=NC(=O)C(Cc1ccccc1)c1ccc(N)cc1. The highest BCUT2D eigenvalue weighted by atomic mass is 16.1. The van der Waals surface area contributed by atoms with E-state index in [2.05, 4.69) is 4.99 Å².